The van der Waals surface area contributed by atoms with Crippen LogP contribution in [-0.2, 0) is 4.74 Å². The van der Waals surface area contributed by atoms with Crippen molar-refractivity contribution in [3.8, 4) is 5.75 Å². The summed E-state index contributed by atoms with van der Waals surface area (Å²) in [4.78, 5) is 0. The molecule has 0 aliphatic carbocycles. The van der Waals surface area contributed by atoms with Crippen molar-refractivity contribution in [2.24, 2.45) is 0 Å². The minimum Gasteiger partial charge on any atom is -0.486 e. The van der Waals surface area contributed by atoms with Gasteiger partial charge in [-0.15, -0.1) is 0 Å². The number of hydrogen-bond acceptors (Lipinski definition) is 3. The molecule has 0 saturated carbocycles. The van der Waals surface area contributed by atoms with Gasteiger partial charge in [0, 0.05) is 26.3 Å². The normalized spacial score (nSPS) is 12.5. The molecule has 0 saturated heterocycles. The number of hydrogen-bond donors (Lipinski definition) is 1. The number of methoxy groups -OCH3 is 1. The molecule has 0 aliphatic rings. The Morgan fingerprint density at radius 3 is 2.76 bits per heavy atom. The highest BCUT2D eigenvalue weighted by Crippen LogP contribution is 2.18. The van der Waals surface area contributed by atoms with Crippen molar-refractivity contribution >= 4 is 0 Å². The third kappa shape index (κ3) is 5.10. The van der Waals surface area contributed by atoms with Gasteiger partial charge in [0.15, 0.2) is 11.6 Å². The topological polar surface area (TPSA) is 30.5 Å². The fraction of sp³-hybridized carbons (Fsp3) is 0.500. The van der Waals surface area contributed by atoms with Crippen molar-refractivity contribution < 1.29 is 18.3 Å². The maximum absolute atomic E-state index is 13.2. The Hall–Kier alpha value is -1.20. The van der Waals surface area contributed by atoms with E-state index in [2.05, 4.69) is 5.32 Å². The standard InChI is InChI=1S/C12H17F2NO2/c1-9(8-15-5-6-16-2)17-12-4-3-10(13)7-11(12)14/h3-4,7,9,15H,5-6,8H2,1-2H3. The largest absolute Gasteiger partial charge is 0.486 e. The van der Waals surface area contributed by atoms with E-state index in [9.17, 15) is 8.78 Å². The lowest BCUT2D eigenvalue weighted by Crippen LogP contribution is -2.31. The molecule has 1 aromatic carbocycles. The molecule has 1 aromatic rings. The summed E-state index contributed by atoms with van der Waals surface area (Å²) in [6.45, 7) is 3.69. The Morgan fingerprint density at radius 2 is 2.12 bits per heavy atom. The van der Waals surface area contributed by atoms with Gasteiger partial charge in [-0.2, -0.15) is 0 Å². The molecule has 0 aliphatic heterocycles. The maximum Gasteiger partial charge on any atom is 0.167 e. The first kappa shape index (κ1) is 13.9. The lowest BCUT2D eigenvalue weighted by Gasteiger charge is -2.15. The third-order valence-corrected chi connectivity index (χ3v) is 2.14. The Labute approximate surface area is 99.7 Å². The first-order valence-electron chi connectivity index (χ1n) is 5.45. The van der Waals surface area contributed by atoms with E-state index in [-0.39, 0.29) is 11.9 Å². The predicted molar refractivity (Wildman–Crippen MR) is 61.2 cm³/mol. The van der Waals surface area contributed by atoms with E-state index in [1.54, 1.807) is 7.11 Å². The van der Waals surface area contributed by atoms with E-state index in [1.807, 2.05) is 6.92 Å². The molecule has 5 heteroatoms. The SMILES string of the molecule is COCCNCC(C)Oc1ccc(F)cc1F. The molecule has 0 fully saturated rings. The lowest BCUT2D eigenvalue weighted by atomic mass is 10.3. The third-order valence-electron chi connectivity index (χ3n) is 2.14. The molecule has 0 spiro atoms. The Morgan fingerprint density at radius 1 is 1.35 bits per heavy atom. The van der Waals surface area contributed by atoms with Crippen molar-refractivity contribution in [3.05, 3.63) is 29.8 Å². The molecule has 17 heavy (non-hydrogen) atoms. The second-order valence-electron chi connectivity index (χ2n) is 3.70. The van der Waals surface area contributed by atoms with Crippen LogP contribution in [0.15, 0.2) is 18.2 Å². The van der Waals surface area contributed by atoms with Gasteiger partial charge in [-0.25, -0.2) is 8.78 Å². The molecule has 1 N–H and O–H groups in total. The molecule has 1 unspecified atom stereocenters. The first-order valence-corrected chi connectivity index (χ1v) is 5.45. The summed E-state index contributed by atoms with van der Waals surface area (Å²) in [5, 5.41) is 3.09. The average molecular weight is 245 g/mol. The number of ether oxygens (including phenoxy) is 2. The molecule has 3 nitrogen and oxygen atoms in total. The molecule has 0 radical (unpaired) electrons. The van der Waals surface area contributed by atoms with Crippen LogP contribution in [0, 0.1) is 11.6 Å². The Kier molecular flexibility index (Phi) is 5.86. The molecular formula is C12H17F2NO2. The van der Waals surface area contributed by atoms with Crippen LogP contribution >= 0.6 is 0 Å². The van der Waals surface area contributed by atoms with Crippen LogP contribution in [0.25, 0.3) is 0 Å². The Balaban J connectivity index is 2.37. The molecule has 1 atom stereocenters. The van der Waals surface area contributed by atoms with Crippen LogP contribution in [0.2, 0.25) is 0 Å². The highest BCUT2D eigenvalue weighted by molar-refractivity contribution is 5.24. The minimum atomic E-state index is -0.686. The molecule has 0 bridgehead atoms. The van der Waals surface area contributed by atoms with Crippen LogP contribution in [0.3, 0.4) is 0 Å². The number of halogens is 2. The van der Waals surface area contributed by atoms with Gasteiger partial charge in [-0.05, 0) is 19.1 Å². The van der Waals surface area contributed by atoms with Gasteiger partial charge in [0.1, 0.15) is 11.9 Å². The summed E-state index contributed by atoms with van der Waals surface area (Å²) in [5.74, 6) is -1.23. The highest BCUT2D eigenvalue weighted by Gasteiger charge is 2.08. The van der Waals surface area contributed by atoms with E-state index >= 15 is 0 Å². The second-order valence-corrected chi connectivity index (χ2v) is 3.70. The van der Waals surface area contributed by atoms with Gasteiger partial charge in [0.05, 0.1) is 6.61 Å². The van der Waals surface area contributed by atoms with Crippen LogP contribution in [0.5, 0.6) is 5.75 Å². The molecular weight excluding hydrogens is 228 g/mol. The van der Waals surface area contributed by atoms with Gasteiger partial charge >= 0.3 is 0 Å². The maximum atomic E-state index is 13.2. The lowest BCUT2D eigenvalue weighted by molar-refractivity contribution is 0.181. The Bertz CT molecular complexity index is 347. The summed E-state index contributed by atoms with van der Waals surface area (Å²) in [7, 11) is 1.62. The van der Waals surface area contributed by atoms with E-state index in [1.165, 1.54) is 12.1 Å². The van der Waals surface area contributed by atoms with Crippen molar-refractivity contribution in [2.45, 2.75) is 13.0 Å². The highest BCUT2D eigenvalue weighted by atomic mass is 19.1. The van der Waals surface area contributed by atoms with Crippen molar-refractivity contribution in [3.63, 3.8) is 0 Å². The van der Waals surface area contributed by atoms with Crippen LogP contribution in [0.4, 0.5) is 8.78 Å². The molecule has 96 valence electrons. The van der Waals surface area contributed by atoms with E-state index < -0.39 is 11.6 Å². The fourth-order valence-electron chi connectivity index (χ4n) is 1.31. The summed E-state index contributed by atoms with van der Waals surface area (Å²) < 4.78 is 36.1. The number of rotatable bonds is 7. The summed E-state index contributed by atoms with van der Waals surface area (Å²) in [6, 6.07) is 3.26. The van der Waals surface area contributed by atoms with Crippen molar-refractivity contribution in [1.82, 2.24) is 5.32 Å². The molecule has 0 heterocycles. The van der Waals surface area contributed by atoms with Crippen molar-refractivity contribution in [1.29, 1.82) is 0 Å². The monoisotopic (exact) mass is 245 g/mol. The van der Waals surface area contributed by atoms with Crippen LogP contribution < -0.4 is 10.1 Å². The zero-order valence-electron chi connectivity index (χ0n) is 10.0. The zero-order valence-corrected chi connectivity index (χ0v) is 10.0. The number of nitrogens with one attached hydrogen (secondary N) is 1. The van der Waals surface area contributed by atoms with Gasteiger partial charge < -0.3 is 14.8 Å². The van der Waals surface area contributed by atoms with E-state index in [0.717, 1.165) is 6.07 Å². The van der Waals surface area contributed by atoms with Crippen LogP contribution in [0.1, 0.15) is 6.92 Å². The number of benzene rings is 1. The van der Waals surface area contributed by atoms with E-state index in [0.29, 0.717) is 19.7 Å². The fourth-order valence-corrected chi connectivity index (χ4v) is 1.31. The van der Waals surface area contributed by atoms with Gasteiger partial charge in [0.2, 0.25) is 0 Å². The molecule has 0 amide bonds. The molecule has 0 aromatic heterocycles. The summed E-state index contributed by atoms with van der Waals surface area (Å²) in [6.07, 6.45) is -0.202. The smallest absolute Gasteiger partial charge is 0.167 e. The van der Waals surface area contributed by atoms with Gasteiger partial charge in [-0.1, -0.05) is 0 Å². The summed E-state index contributed by atoms with van der Waals surface area (Å²) in [5.41, 5.74) is 0. The van der Waals surface area contributed by atoms with Crippen molar-refractivity contribution in [2.75, 3.05) is 26.8 Å². The van der Waals surface area contributed by atoms with Gasteiger partial charge in [0.25, 0.3) is 0 Å². The summed E-state index contributed by atoms with van der Waals surface area (Å²) >= 11 is 0. The molecule has 1 rings (SSSR count). The first-order chi connectivity index (χ1) is 8.13. The van der Waals surface area contributed by atoms with Crippen LogP contribution in [-0.4, -0.2) is 32.9 Å². The van der Waals surface area contributed by atoms with E-state index in [4.69, 9.17) is 9.47 Å². The predicted octanol–water partition coefficient (Wildman–Crippen LogP) is 1.97. The average Bonchev–Trinajstić information content (AvgIpc) is 2.28. The zero-order chi connectivity index (χ0) is 12.7. The second kappa shape index (κ2) is 7.19. The quantitative estimate of drug-likeness (QED) is 0.745. The van der Waals surface area contributed by atoms with Gasteiger partial charge in [-0.3, -0.25) is 0 Å². The minimum absolute atomic E-state index is 0.0624.